The maximum Gasteiger partial charge on any atom is 0.329 e. The van der Waals surface area contributed by atoms with Crippen molar-refractivity contribution >= 4 is 41.7 Å². The third-order valence-corrected chi connectivity index (χ3v) is 9.96. The number of aliphatic carboxylic acids is 1. The third-order valence-electron chi connectivity index (χ3n) is 9.96. The summed E-state index contributed by atoms with van der Waals surface area (Å²) in [5, 5.41) is 20.5. The van der Waals surface area contributed by atoms with E-state index >= 15 is 0 Å². The SMILES string of the molecule is Cc1c[nH]c(CN(CCCC[C@H](NC(=O)CCCCCCC(=O)NCCCC[C@H](NC(=O)N[C@@H](CCC(=O)OC(C)(C)C)C(=O)OC(C)(C)C)C(=O)OC(C)(C)C)C(=O)O)Cc2nc(C)c[nH]2)n1. The molecule has 0 aliphatic carbocycles. The van der Waals surface area contributed by atoms with Crippen LogP contribution in [0.3, 0.4) is 0 Å². The van der Waals surface area contributed by atoms with Gasteiger partial charge in [-0.15, -0.1) is 0 Å². The summed E-state index contributed by atoms with van der Waals surface area (Å²) in [4.78, 5) is 107. The van der Waals surface area contributed by atoms with Crippen LogP contribution in [-0.2, 0) is 56.1 Å². The number of carboxylic acid groups (broad SMARTS) is 1. The molecule has 0 spiro atoms. The number of imidazole rings is 2. The number of hydrogen-bond donors (Lipinski definition) is 7. The summed E-state index contributed by atoms with van der Waals surface area (Å²) in [6, 6.07) is -4.08. The Morgan fingerprint density at radius 1 is 0.588 bits per heavy atom. The van der Waals surface area contributed by atoms with E-state index in [1.54, 1.807) is 62.3 Å². The summed E-state index contributed by atoms with van der Waals surface area (Å²) >= 11 is 0. The molecule has 384 valence electrons. The molecule has 2 rings (SSSR count). The normalized spacial score (nSPS) is 13.2. The van der Waals surface area contributed by atoms with Gasteiger partial charge in [0.2, 0.25) is 11.8 Å². The second-order valence-electron chi connectivity index (χ2n) is 20.3. The minimum absolute atomic E-state index is 0.0928. The highest BCUT2D eigenvalue weighted by molar-refractivity contribution is 5.87. The Labute approximate surface area is 402 Å². The number of nitrogens with zero attached hydrogens (tertiary/aromatic N) is 3. The molecule has 0 fully saturated rings. The molecule has 68 heavy (non-hydrogen) atoms. The lowest BCUT2D eigenvalue weighted by molar-refractivity contribution is -0.159. The van der Waals surface area contributed by atoms with Gasteiger partial charge in [-0.2, -0.15) is 0 Å². The lowest BCUT2D eigenvalue weighted by Gasteiger charge is -2.27. The molecule has 0 unspecified atom stereocenters. The third kappa shape index (κ3) is 27.3. The number of unbranched alkanes of at least 4 members (excludes halogenated alkanes) is 5. The number of carbonyl (C=O) groups excluding carboxylic acids is 6. The standard InChI is InChI=1S/C48H81N9O11/c1-32-28-50-37(52-32)30-57(31-38-51-29-33(2)53-38)27-19-17-20-34(42(61)62)54-40(59)23-15-13-12-14-22-39(58)49-26-18-16-21-35(43(63)67-47(6,7)8)55-45(65)56-36(44(64)68-48(9,10)11)24-25-41(60)66-46(3,4)5/h28-29,34-36H,12-27,30-31H2,1-11H3,(H,49,58)(H,50,52)(H,51,53)(H,54,59)(H,61,62)(H2,55,56,65)/t34-,35-,36-/m0/s1. The molecule has 0 aliphatic heterocycles. The van der Waals surface area contributed by atoms with Gasteiger partial charge >= 0.3 is 29.9 Å². The average molecular weight is 960 g/mol. The number of nitrogens with one attached hydrogen (secondary N) is 6. The van der Waals surface area contributed by atoms with Crippen LogP contribution in [0.2, 0.25) is 0 Å². The van der Waals surface area contributed by atoms with E-state index in [2.05, 4.69) is 46.1 Å². The van der Waals surface area contributed by atoms with Crippen LogP contribution < -0.4 is 21.3 Å². The average Bonchev–Trinajstić information content (AvgIpc) is 3.81. The van der Waals surface area contributed by atoms with Crippen LogP contribution in [0, 0.1) is 13.8 Å². The number of H-pyrrole nitrogens is 2. The predicted molar refractivity (Wildman–Crippen MR) is 255 cm³/mol. The number of hydrogen-bond acceptors (Lipinski definition) is 13. The van der Waals surface area contributed by atoms with Crippen molar-refractivity contribution < 1.29 is 52.9 Å². The van der Waals surface area contributed by atoms with Crippen LogP contribution in [-0.4, -0.2) is 120 Å². The second-order valence-corrected chi connectivity index (χ2v) is 20.3. The molecule has 2 aromatic rings. The van der Waals surface area contributed by atoms with E-state index in [0.29, 0.717) is 77.5 Å². The fourth-order valence-corrected chi connectivity index (χ4v) is 6.91. The molecule has 20 nitrogen and oxygen atoms in total. The number of esters is 3. The van der Waals surface area contributed by atoms with Crippen molar-refractivity contribution in [2.45, 2.75) is 214 Å². The van der Waals surface area contributed by atoms with Crippen LogP contribution in [0.1, 0.15) is 175 Å². The number of aryl methyl sites for hydroxylation is 2. The van der Waals surface area contributed by atoms with Gasteiger partial charge in [0, 0.05) is 38.2 Å². The number of ether oxygens (including phenoxy) is 3. The van der Waals surface area contributed by atoms with E-state index in [9.17, 15) is 38.7 Å². The maximum atomic E-state index is 13.2. The Hall–Kier alpha value is -5.53. The molecule has 7 N–H and O–H groups in total. The Balaban J connectivity index is 1.73. The molecule has 2 heterocycles. The first kappa shape index (κ1) is 58.6. The molecule has 0 radical (unpaired) electrons. The summed E-state index contributed by atoms with van der Waals surface area (Å²) in [6.45, 7) is 21.4. The highest BCUT2D eigenvalue weighted by Gasteiger charge is 2.31. The Morgan fingerprint density at radius 2 is 1.06 bits per heavy atom. The van der Waals surface area contributed by atoms with Gasteiger partial charge in [-0.05, 0) is 140 Å². The molecule has 20 heteroatoms. The second kappa shape index (κ2) is 28.7. The Bertz CT molecular complexity index is 1870. The molecular weight excluding hydrogens is 879 g/mol. The largest absolute Gasteiger partial charge is 0.480 e. The Morgan fingerprint density at radius 3 is 1.53 bits per heavy atom. The Kier molecular flexibility index (Phi) is 24.7. The highest BCUT2D eigenvalue weighted by Crippen LogP contribution is 2.16. The fraction of sp³-hybridized carbons (Fsp3) is 0.729. The molecular formula is C48H81N9O11. The van der Waals surface area contributed by atoms with Crippen molar-refractivity contribution in [1.82, 2.24) is 46.1 Å². The van der Waals surface area contributed by atoms with Crippen molar-refractivity contribution in [1.29, 1.82) is 0 Å². The molecule has 0 bridgehead atoms. The topological polar surface area (TPSA) is 276 Å². The summed E-state index contributed by atoms with van der Waals surface area (Å²) in [6.07, 6.45) is 9.30. The van der Waals surface area contributed by atoms with Gasteiger partial charge in [0.1, 0.15) is 46.6 Å². The van der Waals surface area contributed by atoms with Crippen molar-refractivity contribution in [3.63, 3.8) is 0 Å². The smallest absolute Gasteiger partial charge is 0.329 e. The predicted octanol–water partition coefficient (Wildman–Crippen LogP) is 5.96. The van der Waals surface area contributed by atoms with Crippen LogP contribution >= 0.6 is 0 Å². The summed E-state index contributed by atoms with van der Waals surface area (Å²) in [5.74, 6) is -1.80. The first-order valence-corrected chi connectivity index (χ1v) is 24.0. The van der Waals surface area contributed by atoms with E-state index in [1.165, 1.54) is 0 Å². The van der Waals surface area contributed by atoms with E-state index in [4.69, 9.17) is 14.2 Å². The first-order chi connectivity index (χ1) is 31.7. The summed E-state index contributed by atoms with van der Waals surface area (Å²) in [5.41, 5.74) is -0.627. The number of rotatable bonds is 30. The molecule has 0 saturated heterocycles. The number of carbonyl (C=O) groups is 7. The highest BCUT2D eigenvalue weighted by atomic mass is 16.6. The van der Waals surface area contributed by atoms with Crippen LogP contribution in [0.5, 0.6) is 0 Å². The van der Waals surface area contributed by atoms with Gasteiger partial charge in [0.05, 0.1) is 24.5 Å². The molecule has 0 aliphatic rings. The van der Waals surface area contributed by atoms with E-state index in [1.807, 2.05) is 26.2 Å². The zero-order valence-electron chi connectivity index (χ0n) is 42.5. The maximum absolute atomic E-state index is 13.2. The monoisotopic (exact) mass is 960 g/mol. The van der Waals surface area contributed by atoms with Crippen molar-refractivity contribution in [2.24, 2.45) is 0 Å². The van der Waals surface area contributed by atoms with Crippen molar-refractivity contribution in [2.75, 3.05) is 13.1 Å². The van der Waals surface area contributed by atoms with Crippen LogP contribution in [0.25, 0.3) is 0 Å². The minimum Gasteiger partial charge on any atom is -0.480 e. The fourth-order valence-electron chi connectivity index (χ4n) is 6.91. The van der Waals surface area contributed by atoms with Crippen molar-refractivity contribution in [3.8, 4) is 0 Å². The quantitative estimate of drug-likeness (QED) is 0.0271. The minimum atomic E-state index is -1.20. The van der Waals surface area contributed by atoms with Crippen molar-refractivity contribution in [3.05, 3.63) is 35.4 Å². The summed E-state index contributed by atoms with van der Waals surface area (Å²) < 4.78 is 16.4. The summed E-state index contributed by atoms with van der Waals surface area (Å²) in [7, 11) is 0. The van der Waals surface area contributed by atoms with Crippen LogP contribution in [0.15, 0.2) is 12.4 Å². The number of aromatic nitrogens is 4. The number of amides is 4. The molecule has 2 aromatic heterocycles. The zero-order valence-corrected chi connectivity index (χ0v) is 42.5. The number of carboxylic acids is 1. The number of aromatic amines is 2. The van der Waals surface area contributed by atoms with E-state index < -0.39 is 64.8 Å². The number of urea groups is 1. The zero-order chi connectivity index (χ0) is 51.1. The lowest BCUT2D eigenvalue weighted by atomic mass is 10.1. The van der Waals surface area contributed by atoms with Crippen LogP contribution in [0.4, 0.5) is 4.79 Å². The van der Waals surface area contributed by atoms with E-state index in [-0.39, 0.29) is 37.5 Å². The molecule has 3 atom stereocenters. The molecule has 4 amide bonds. The molecule has 0 saturated carbocycles. The first-order valence-electron chi connectivity index (χ1n) is 24.0. The van der Waals surface area contributed by atoms with Gasteiger partial charge in [-0.3, -0.25) is 19.3 Å². The van der Waals surface area contributed by atoms with Gasteiger partial charge < -0.3 is 50.6 Å². The van der Waals surface area contributed by atoms with Gasteiger partial charge in [-0.1, -0.05) is 12.8 Å². The molecule has 0 aromatic carbocycles. The van der Waals surface area contributed by atoms with Gasteiger partial charge in [0.25, 0.3) is 0 Å². The van der Waals surface area contributed by atoms with E-state index in [0.717, 1.165) is 35.9 Å². The van der Waals surface area contributed by atoms with Gasteiger partial charge in [0.15, 0.2) is 0 Å². The lowest BCUT2D eigenvalue weighted by Crippen LogP contribution is -2.53. The van der Waals surface area contributed by atoms with Gasteiger partial charge in [-0.25, -0.2) is 29.1 Å².